The summed E-state index contributed by atoms with van der Waals surface area (Å²) in [6, 6.07) is 16.4. The van der Waals surface area contributed by atoms with Crippen LogP contribution in [0.4, 0.5) is 10.5 Å². The second-order valence-corrected chi connectivity index (χ2v) is 5.68. The molecule has 5 nitrogen and oxygen atoms in total. The SMILES string of the molecule is Br.CCN(CCc1ccccc1)CCN(C(N)=O)c1ccc(O)cc1. The normalized spacial score (nSPS) is 10.3. The average Bonchev–Trinajstić information content (AvgIpc) is 2.60. The number of hydrogen-bond acceptors (Lipinski definition) is 3. The molecule has 2 aromatic carbocycles. The van der Waals surface area contributed by atoms with Gasteiger partial charge in [-0.1, -0.05) is 37.3 Å². The monoisotopic (exact) mass is 407 g/mol. The fourth-order valence-electron chi connectivity index (χ4n) is 2.60. The van der Waals surface area contributed by atoms with Crippen LogP contribution in [0.15, 0.2) is 54.6 Å². The summed E-state index contributed by atoms with van der Waals surface area (Å²) >= 11 is 0. The van der Waals surface area contributed by atoms with Crippen LogP contribution in [0, 0.1) is 0 Å². The predicted octanol–water partition coefficient (Wildman–Crippen LogP) is 3.42. The molecular weight excluding hydrogens is 382 g/mol. The number of carbonyl (C=O) groups is 1. The fourth-order valence-corrected chi connectivity index (χ4v) is 2.60. The lowest BCUT2D eigenvalue weighted by Crippen LogP contribution is -2.42. The van der Waals surface area contributed by atoms with E-state index in [2.05, 4.69) is 24.0 Å². The van der Waals surface area contributed by atoms with Gasteiger partial charge < -0.3 is 15.7 Å². The van der Waals surface area contributed by atoms with E-state index in [0.29, 0.717) is 12.2 Å². The van der Waals surface area contributed by atoms with E-state index < -0.39 is 6.03 Å². The van der Waals surface area contributed by atoms with Crippen molar-refractivity contribution in [3.63, 3.8) is 0 Å². The lowest BCUT2D eigenvalue weighted by atomic mass is 10.1. The molecule has 2 aromatic rings. The van der Waals surface area contributed by atoms with Gasteiger partial charge in [-0.15, -0.1) is 17.0 Å². The number of carbonyl (C=O) groups excluding carboxylic acids is 1. The maximum Gasteiger partial charge on any atom is 0.319 e. The summed E-state index contributed by atoms with van der Waals surface area (Å²) < 4.78 is 0. The van der Waals surface area contributed by atoms with E-state index in [-0.39, 0.29) is 22.7 Å². The zero-order valence-corrected chi connectivity index (χ0v) is 16.2. The number of rotatable bonds is 8. The number of likely N-dealkylation sites (N-methyl/N-ethyl adjacent to an activating group) is 1. The molecule has 0 aromatic heterocycles. The van der Waals surface area contributed by atoms with E-state index >= 15 is 0 Å². The topological polar surface area (TPSA) is 69.8 Å². The minimum atomic E-state index is -0.486. The van der Waals surface area contributed by atoms with Crippen molar-refractivity contribution in [1.82, 2.24) is 4.90 Å². The molecule has 0 aliphatic heterocycles. The Morgan fingerprint density at radius 2 is 1.64 bits per heavy atom. The molecule has 25 heavy (non-hydrogen) atoms. The summed E-state index contributed by atoms with van der Waals surface area (Å²) in [7, 11) is 0. The number of hydrogen-bond donors (Lipinski definition) is 2. The van der Waals surface area contributed by atoms with Gasteiger partial charge in [0.15, 0.2) is 0 Å². The van der Waals surface area contributed by atoms with E-state index in [1.165, 1.54) is 10.5 Å². The molecule has 0 spiro atoms. The molecule has 0 fully saturated rings. The van der Waals surface area contributed by atoms with Crippen molar-refractivity contribution < 1.29 is 9.90 Å². The molecule has 0 aliphatic carbocycles. The van der Waals surface area contributed by atoms with Gasteiger partial charge in [0.1, 0.15) is 5.75 Å². The van der Waals surface area contributed by atoms with Crippen LogP contribution in [-0.4, -0.2) is 42.2 Å². The highest BCUT2D eigenvalue weighted by Gasteiger charge is 2.14. The number of nitrogens with zero attached hydrogens (tertiary/aromatic N) is 2. The van der Waals surface area contributed by atoms with Crippen molar-refractivity contribution in [2.45, 2.75) is 13.3 Å². The van der Waals surface area contributed by atoms with E-state index in [1.54, 1.807) is 24.3 Å². The fraction of sp³-hybridized carbons (Fsp3) is 0.316. The second-order valence-electron chi connectivity index (χ2n) is 5.68. The summed E-state index contributed by atoms with van der Waals surface area (Å²) in [6.45, 7) is 5.22. The summed E-state index contributed by atoms with van der Waals surface area (Å²) in [5.41, 5.74) is 7.51. The van der Waals surface area contributed by atoms with Gasteiger partial charge in [-0.3, -0.25) is 4.90 Å². The van der Waals surface area contributed by atoms with E-state index in [0.717, 1.165) is 26.1 Å². The van der Waals surface area contributed by atoms with Gasteiger partial charge in [0.25, 0.3) is 0 Å². The highest BCUT2D eigenvalue weighted by atomic mass is 79.9. The number of primary amides is 1. The smallest absolute Gasteiger partial charge is 0.319 e. The summed E-state index contributed by atoms with van der Waals surface area (Å²) in [4.78, 5) is 15.6. The lowest BCUT2D eigenvalue weighted by molar-refractivity contribution is 0.250. The Morgan fingerprint density at radius 3 is 2.20 bits per heavy atom. The minimum Gasteiger partial charge on any atom is -0.508 e. The Bertz CT molecular complexity index is 635. The molecule has 0 radical (unpaired) electrons. The molecule has 0 heterocycles. The van der Waals surface area contributed by atoms with E-state index in [1.807, 2.05) is 18.2 Å². The van der Waals surface area contributed by atoms with Crippen molar-refractivity contribution in [3.05, 3.63) is 60.2 Å². The molecule has 0 aliphatic rings. The van der Waals surface area contributed by atoms with Crippen molar-refractivity contribution >= 4 is 28.7 Å². The predicted molar refractivity (Wildman–Crippen MR) is 108 cm³/mol. The number of halogens is 1. The molecule has 6 heteroatoms. The first kappa shape index (κ1) is 21.0. The molecule has 2 rings (SSSR count). The number of phenols is 1. The zero-order valence-electron chi connectivity index (χ0n) is 14.5. The molecule has 0 saturated heterocycles. The largest absolute Gasteiger partial charge is 0.508 e. The van der Waals surface area contributed by atoms with Crippen molar-refractivity contribution in [3.8, 4) is 5.75 Å². The van der Waals surface area contributed by atoms with E-state index in [4.69, 9.17) is 5.73 Å². The molecule has 0 saturated carbocycles. The Labute approximate surface area is 159 Å². The standard InChI is InChI=1S/C19H25N3O2.BrH/c1-2-21(13-12-16-6-4-3-5-7-16)14-15-22(19(20)24)17-8-10-18(23)11-9-17;/h3-11,23H,2,12-15H2,1H3,(H2,20,24);1H. The third kappa shape index (κ3) is 6.76. The number of benzene rings is 2. The molecule has 2 amide bonds. The molecule has 136 valence electrons. The third-order valence-electron chi connectivity index (χ3n) is 4.07. The molecule has 0 bridgehead atoms. The number of aromatic hydroxyl groups is 1. The number of anilines is 1. The zero-order chi connectivity index (χ0) is 17.4. The van der Waals surface area contributed by atoms with Crippen molar-refractivity contribution in [2.24, 2.45) is 5.73 Å². The number of phenolic OH excluding ortho intramolecular Hbond substituents is 1. The van der Waals surface area contributed by atoms with Crippen LogP contribution in [0.5, 0.6) is 5.75 Å². The first-order valence-electron chi connectivity index (χ1n) is 8.22. The quantitative estimate of drug-likeness (QED) is 0.703. The maximum absolute atomic E-state index is 11.7. The van der Waals surface area contributed by atoms with Crippen LogP contribution in [0.25, 0.3) is 0 Å². The molecule has 0 unspecified atom stereocenters. The van der Waals surface area contributed by atoms with Gasteiger partial charge in [-0.2, -0.15) is 0 Å². The van der Waals surface area contributed by atoms with Crippen LogP contribution >= 0.6 is 17.0 Å². The van der Waals surface area contributed by atoms with Crippen LogP contribution in [0.1, 0.15) is 12.5 Å². The second kappa shape index (κ2) is 10.7. The number of amides is 2. The summed E-state index contributed by atoms with van der Waals surface area (Å²) in [5.74, 6) is 0.168. The van der Waals surface area contributed by atoms with Crippen LogP contribution in [0.2, 0.25) is 0 Å². The van der Waals surface area contributed by atoms with Gasteiger partial charge in [-0.05, 0) is 42.8 Å². The van der Waals surface area contributed by atoms with Gasteiger partial charge in [0.2, 0.25) is 0 Å². The first-order valence-corrected chi connectivity index (χ1v) is 8.22. The molecule has 0 atom stereocenters. The third-order valence-corrected chi connectivity index (χ3v) is 4.07. The van der Waals surface area contributed by atoms with Gasteiger partial charge >= 0.3 is 6.03 Å². The minimum absolute atomic E-state index is 0. The first-order chi connectivity index (χ1) is 11.6. The van der Waals surface area contributed by atoms with Gasteiger partial charge in [-0.25, -0.2) is 4.79 Å². The van der Waals surface area contributed by atoms with Crippen LogP contribution in [0.3, 0.4) is 0 Å². The van der Waals surface area contributed by atoms with Crippen molar-refractivity contribution in [2.75, 3.05) is 31.1 Å². The number of urea groups is 1. The Morgan fingerprint density at radius 1 is 1.00 bits per heavy atom. The van der Waals surface area contributed by atoms with E-state index in [9.17, 15) is 9.90 Å². The van der Waals surface area contributed by atoms with Crippen LogP contribution in [-0.2, 0) is 6.42 Å². The van der Waals surface area contributed by atoms with Gasteiger partial charge in [0, 0.05) is 25.3 Å². The van der Waals surface area contributed by atoms with Crippen LogP contribution < -0.4 is 10.6 Å². The van der Waals surface area contributed by atoms with Crippen molar-refractivity contribution in [1.29, 1.82) is 0 Å². The number of nitrogens with two attached hydrogens (primary N) is 1. The average molecular weight is 408 g/mol. The lowest BCUT2D eigenvalue weighted by Gasteiger charge is -2.26. The Kier molecular flexibility index (Phi) is 9.02. The van der Waals surface area contributed by atoms with Gasteiger partial charge in [0.05, 0.1) is 0 Å². The Hall–Kier alpha value is -2.05. The molecular formula is C19H26BrN3O2. The summed E-state index contributed by atoms with van der Waals surface area (Å²) in [5, 5.41) is 9.37. The summed E-state index contributed by atoms with van der Waals surface area (Å²) in [6.07, 6.45) is 0.977. The molecule has 3 N–H and O–H groups in total. The highest BCUT2D eigenvalue weighted by molar-refractivity contribution is 8.93. The Balaban J connectivity index is 0.00000312. The highest BCUT2D eigenvalue weighted by Crippen LogP contribution is 2.18. The maximum atomic E-state index is 11.7.